The Balaban J connectivity index is 1.20. The second-order valence-electron chi connectivity index (χ2n) is 9.64. The van der Waals surface area contributed by atoms with Crippen LogP contribution in [0, 0.1) is 23.7 Å². The molecule has 6 nitrogen and oxygen atoms in total. The summed E-state index contributed by atoms with van der Waals surface area (Å²) >= 11 is 0. The molecule has 182 valence electrons. The number of hydrogen-bond donors (Lipinski definition) is 0. The summed E-state index contributed by atoms with van der Waals surface area (Å²) < 4.78 is 12.0. The molecule has 6 heteroatoms. The van der Waals surface area contributed by atoms with Gasteiger partial charge in [-0.05, 0) is 71.7 Å². The molecule has 1 saturated carbocycles. The number of amides is 2. The van der Waals surface area contributed by atoms with Crippen molar-refractivity contribution in [3.63, 3.8) is 0 Å². The molecule has 0 N–H and O–H groups in total. The molecule has 2 bridgehead atoms. The molecule has 4 atom stereocenters. The number of hydrazone groups is 1. The van der Waals surface area contributed by atoms with E-state index in [4.69, 9.17) is 9.47 Å². The van der Waals surface area contributed by atoms with Gasteiger partial charge in [-0.3, -0.25) is 9.59 Å². The van der Waals surface area contributed by atoms with Gasteiger partial charge in [-0.1, -0.05) is 54.6 Å². The lowest BCUT2D eigenvalue weighted by Gasteiger charge is -2.37. The lowest BCUT2D eigenvalue weighted by molar-refractivity contribution is -0.140. The first-order valence-corrected chi connectivity index (χ1v) is 12.6. The van der Waals surface area contributed by atoms with Crippen LogP contribution in [0.25, 0.3) is 10.8 Å². The van der Waals surface area contributed by atoms with E-state index in [1.807, 2.05) is 43.3 Å². The Morgan fingerprint density at radius 3 is 2.33 bits per heavy atom. The van der Waals surface area contributed by atoms with Crippen LogP contribution in [0.5, 0.6) is 11.5 Å². The average Bonchev–Trinajstić information content (AvgIpc) is 3.19. The van der Waals surface area contributed by atoms with E-state index in [1.54, 1.807) is 6.21 Å². The fourth-order valence-corrected chi connectivity index (χ4v) is 5.86. The highest BCUT2D eigenvalue weighted by molar-refractivity contribution is 6.06. The van der Waals surface area contributed by atoms with Crippen molar-refractivity contribution < 1.29 is 19.1 Å². The van der Waals surface area contributed by atoms with Crippen LogP contribution in [0.3, 0.4) is 0 Å². The summed E-state index contributed by atoms with van der Waals surface area (Å²) in [6, 6.07) is 19.9. The highest BCUT2D eigenvalue weighted by Crippen LogP contribution is 2.49. The number of imide groups is 1. The van der Waals surface area contributed by atoms with Crippen LogP contribution < -0.4 is 9.47 Å². The van der Waals surface area contributed by atoms with Gasteiger partial charge in [0.1, 0.15) is 6.61 Å². The average molecular weight is 481 g/mol. The molecule has 1 heterocycles. The summed E-state index contributed by atoms with van der Waals surface area (Å²) in [6.07, 6.45) is 7.71. The summed E-state index contributed by atoms with van der Waals surface area (Å²) in [4.78, 5) is 26.0. The van der Waals surface area contributed by atoms with E-state index in [1.165, 1.54) is 5.39 Å². The van der Waals surface area contributed by atoms with Gasteiger partial charge in [-0.25, -0.2) is 0 Å². The largest absolute Gasteiger partial charge is 0.490 e. The summed E-state index contributed by atoms with van der Waals surface area (Å²) in [5, 5.41) is 7.73. The maximum Gasteiger partial charge on any atom is 0.254 e. The highest BCUT2D eigenvalue weighted by Gasteiger charge is 2.56. The number of nitrogens with zero attached hydrogens (tertiary/aromatic N) is 2. The van der Waals surface area contributed by atoms with Crippen LogP contribution in [0.1, 0.15) is 30.9 Å². The van der Waals surface area contributed by atoms with Gasteiger partial charge in [0.2, 0.25) is 0 Å². The fraction of sp³-hybridized carbons (Fsp3) is 0.300. The van der Waals surface area contributed by atoms with Crippen molar-refractivity contribution in [3.8, 4) is 11.5 Å². The number of rotatable bonds is 7. The SMILES string of the molecule is CCOc1cc(/C=N\N2C(=O)[C@H]3[C@H](C2=O)[C@H]2C=C[C@H]3CC2)ccc1OCc1cccc2ccccc12. The summed E-state index contributed by atoms with van der Waals surface area (Å²) in [5.41, 5.74) is 1.82. The molecule has 3 aromatic rings. The number of carbonyl (C=O) groups is 2. The van der Waals surface area contributed by atoms with E-state index in [0.29, 0.717) is 24.7 Å². The quantitative estimate of drug-likeness (QED) is 0.260. The van der Waals surface area contributed by atoms with Crippen molar-refractivity contribution in [1.82, 2.24) is 5.01 Å². The minimum absolute atomic E-state index is 0.152. The summed E-state index contributed by atoms with van der Waals surface area (Å²) in [5.74, 6) is 0.643. The topological polar surface area (TPSA) is 68.2 Å². The highest BCUT2D eigenvalue weighted by atomic mass is 16.5. The van der Waals surface area contributed by atoms with Crippen molar-refractivity contribution in [3.05, 3.63) is 83.9 Å². The molecule has 0 aromatic heterocycles. The van der Waals surface area contributed by atoms with E-state index in [9.17, 15) is 9.59 Å². The molecule has 36 heavy (non-hydrogen) atoms. The molecule has 7 rings (SSSR count). The Bertz CT molecular complexity index is 1360. The molecule has 0 radical (unpaired) electrons. The zero-order valence-electron chi connectivity index (χ0n) is 20.2. The van der Waals surface area contributed by atoms with Crippen molar-refractivity contribution in [2.45, 2.75) is 26.4 Å². The third-order valence-electron chi connectivity index (χ3n) is 7.59. The predicted octanol–water partition coefficient (Wildman–Crippen LogP) is 5.35. The van der Waals surface area contributed by atoms with E-state index in [-0.39, 0.29) is 35.5 Å². The number of ether oxygens (including phenoxy) is 2. The Labute approximate surface area is 210 Å². The van der Waals surface area contributed by atoms with Gasteiger partial charge in [-0.15, -0.1) is 0 Å². The monoisotopic (exact) mass is 480 g/mol. The number of benzene rings is 3. The lowest BCUT2D eigenvalue weighted by Crippen LogP contribution is -2.38. The lowest BCUT2D eigenvalue weighted by atomic mass is 9.63. The molecule has 3 aliphatic carbocycles. The molecule has 2 amide bonds. The zero-order chi connectivity index (χ0) is 24.6. The second-order valence-corrected chi connectivity index (χ2v) is 9.64. The van der Waals surface area contributed by atoms with E-state index >= 15 is 0 Å². The van der Waals surface area contributed by atoms with Gasteiger partial charge in [0.25, 0.3) is 11.8 Å². The fourth-order valence-electron chi connectivity index (χ4n) is 5.86. The smallest absolute Gasteiger partial charge is 0.254 e. The molecule has 1 saturated heterocycles. The molecule has 4 aliphatic rings. The van der Waals surface area contributed by atoms with Crippen LogP contribution in [0.15, 0.2) is 77.9 Å². The number of carbonyl (C=O) groups excluding carboxylic acids is 2. The van der Waals surface area contributed by atoms with Gasteiger partial charge in [0.15, 0.2) is 11.5 Å². The Kier molecular flexibility index (Phi) is 5.80. The van der Waals surface area contributed by atoms with Gasteiger partial charge in [0, 0.05) is 0 Å². The van der Waals surface area contributed by atoms with Gasteiger partial charge in [0.05, 0.1) is 24.7 Å². The molecule has 0 unspecified atom stereocenters. The summed E-state index contributed by atoms with van der Waals surface area (Å²) in [6.45, 7) is 2.80. The van der Waals surface area contributed by atoms with Crippen molar-refractivity contribution in [2.75, 3.05) is 6.61 Å². The Morgan fingerprint density at radius 2 is 1.61 bits per heavy atom. The van der Waals surface area contributed by atoms with Gasteiger partial charge < -0.3 is 9.47 Å². The molecule has 0 spiro atoms. The van der Waals surface area contributed by atoms with Crippen molar-refractivity contribution in [2.24, 2.45) is 28.8 Å². The molecule has 3 aromatic carbocycles. The first-order chi connectivity index (χ1) is 17.6. The van der Waals surface area contributed by atoms with Crippen LogP contribution in [-0.4, -0.2) is 29.6 Å². The number of hydrogen-bond acceptors (Lipinski definition) is 5. The standard InChI is InChI=1S/C30H28N2O4/c1-2-35-26-16-19(10-15-25(26)36-18-23-8-5-7-20-6-3-4-9-24(20)23)17-31-32-29(33)27-21-11-12-22(14-13-21)28(27)30(32)34/h3-12,15-17,21-22,27-28H,2,13-14,18H2,1H3/b31-17-/t21-,22-,27+,28+/m0/s1. The first kappa shape index (κ1) is 22.5. The molecular formula is C30H28N2O4. The van der Waals surface area contributed by atoms with Crippen LogP contribution in [0.2, 0.25) is 0 Å². The third-order valence-corrected chi connectivity index (χ3v) is 7.59. The maximum atomic E-state index is 13.0. The minimum Gasteiger partial charge on any atom is -0.490 e. The predicted molar refractivity (Wildman–Crippen MR) is 138 cm³/mol. The van der Waals surface area contributed by atoms with Crippen LogP contribution in [0.4, 0.5) is 0 Å². The minimum atomic E-state index is -0.262. The van der Waals surface area contributed by atoms with Crippen LogP contribution in [-0.2, 0) is 16.2 Å². The van der Waals surface area contributed by atoms with Crippen LogP contribution >= 0.6 is 0 Å². The third kappa shape index (κ3) is 3.87. The normalized spacial score (nSPS) is 24.6. The second kappa shape index (κ2) is 9.26. The number of fused-ring (bicyclic) bond motifs is 2. The first-order valence-electron chi connectivity index (χ1n) is 12.6. The Hall–Kier alpha value is -3.93. The molecule has 2 fully saturated rings. The molecular weight excluding hydrogens is 452 g/mol. The van der Waals surface area contributed by atoms with Crippen molar-refractivity contribution >= 4 is 28.8 Å². The summed E-state index contributed by atoms with van der Waals surface area (Å²) in [7, 11) is 0. The van der Waals surface area contributed by atoms with Gasteiger partial charge in [-0.2, -0.15) is 10.1 Å². The van der Waals surface area contributed by atoms with Crippen molar-refractivity contribution in [1.29, 1.82) is 0 Å². The van der Waals surface area contributed by atoms with Gasteiger partial charge >= 0.3 is 0 Å². The molecule has 1 aliphatic heterocycles. The van der Waals surface area contributed by atoms with E-state index < -0.39 is 0 Å². The maximum absolute atomic E-state index is 13.0. The van der Waals surface area contributed by atoms with E-state index in [2.05, 4.69) is 41.5 Å². The van der Waals surface area contributed by atoms with E-state index in [0.717, 1.165) is 34.4 Å². The number of allylic oxidation sites excluding steroid dienone is 2. The Morgan fingerprint density at radius 1 is 0.889 bits per heavy atom. The zero-order valence-corrected chi connectivity index (χ0v) is 20.2.